The van der Waals surface area contributed by atoms with E-state index in [0.717, 1.165) is 37.2 Å². The number of hydrogen-bond acceptors (Lipinski definition) is 4. The van der Waals surface area contributed by atoms with Gasteiger partial charge in [-0.25, -0.2) is 9.97 Å². The Morgan fingerprint density at radius 2 is 2.18 bits per heavy atom. The lowest BCUT2D eigenvalue weighted by Crippen LogP contribution is -2.16. The number of rotatable bonds is 5. The van der Waals surface area contributed by atoms with E-state index in [1.54, 1.807) is 0 Å². The first-order chi connectivity index (χ1) is 8.29. The van der Waals surface area contributed by atoms with E-state index in [2.05, 4.69) is 22.2 Å². The summed E-state index contributed by atoms with van der Waals surface area (Å²) >= 11 is 0. The second-order valence-corrected chi connectivity index (χ2v) is 4.57. The van der Waals surface area contributed by atoms with Crippen LogP contribution in [0.4, 0.5) is 0 Å². The van der Waals surface area contributed by atoms with E-state index in [9.17, 15) is 0 Å². The Morgan fingerprint density at radius 1 is 1.41 bits per heavy atom. The lowest BCUT2D eigenvalue weighted by Gasteiger charge is -2.12. The minimum absolute atomic E-state index is 0.328. The monoisotopic (exact) mass is 235 g/mol. The van der Waals surface area contributed by atoms with Gasteiger partial charge in [0.1, 0.15) is 6.10 Å². The van der Waals surface area contributed by atoms with Gasteiger partial charge >= 0.3 is 6.01 Å². The Kier molecular flexibility index (Phi) is 4.31. The van der Waals surface area contributed by atoms with Gasteiger partial charge in [0.05, 0.1) is 0 Å². The maximum atomic E-state index is 5.77. The lowest BCUT2D eigenvalue weighted by atomic mass is 10.2. The zero-order valence-corrected chi connectivity index (χ0v) is 10.7. The Labute approximate surface area is 103 Å². The number of ether oxygens (including phenoxy) is 1. The molecule has 0 radical (unpaired) electrons. The molecule has 1 N–H and O–H groups in total. The van der Waals surface area contributed by atoms with Crippen molar-refractivity contribution in [1.82, 2.24) is 15.3 Å². The lowest BCUT2D eigenvalue weighted by molar-refractivity contribution is 0.191. The summed E-state index contributed by atoms with van der Waals surface area (Å²) in [6.07, 6.45) is 7.01. The van der Waals surface area contributed by atoms with Crippen molar-refractivity contribution in [2.45, 2.75) is 52.2 Å². The average Bonchev–Trinajstić information content (AvgIpc) is 2.81. The van der Waals surface area contributed by atoms with Crippen molar-refractivity contribution in [3.63, 3.8) is 0 Å². The molecule has 4 heteroatoms. The molecule has 1 saturated carbocycles. The average molecular weight is 235 g/mol. The second-order valence-electron chi connectivity index (χ2n) is 4.57. The molecule has 2 rings (SSSR count). The molecule has 0 aromatic carbocycles. The van der Waals surface area contributed by atoms with Gasteiger partial charge in [0.15, 0.2) is 0 Å². The number of aryl methyl sites for hydroxylation is 1. The van der Waals surface area contributed by atoms with Crippen LogP contribution in [-0.2, 0) is 6.54 Å². The van der Waals surface area contributed by atoms with Gasteiger partial charge in [-0.2, -0.15) is 0 Å². The Bertz CT molecular complexity index is 362. The maximum Gasteiger partial charge on any atom is 0.316 e. The van der Waals surface area contributed by atoms with Crippen molar-refractivity contribution in [2.24, 2.45) is 0 Å². The Morgan fingerprint density at radius 3 is 2.82 bits per heavy atom. The molecule has 0 saturated heterocycles. The predicted octanol–water partition coefficient (Wildman–Crippen LogP) is 2.22. The van der Waals surface area contributed by atoms with Crippen LogP contribution in [0.3, 0.4) is 0 Å². The quantitative estimate of drug-likeness (QED) is 0.850. The van der Waals surface area contributed by atoms with Crippen molar-refractivity contribution in [2.75, 3.05) is 6.54 Å². The number of nitrogens with one attached hydrogen (secondary N) is 1. The summed E-state index contributed by atoms with van der Waals surface area (Å²) < 4.78 is 5.77. The van der Waals surface area contributed by atoms with E-state index in [1.165, 1.54) is 12.8 Å². The van der Waals surface area contributed by atoms with Gasteiger partial charge in [0.25, 0.3) is 0 Å². The van der Waals surface area contributed by atoms with Crippen LogP contribution in [0.15, 0.2) is 6.20 Å². The van der Waals surface area contributed by atoms with E-state index in [1.807, 2.05) is 13.1 Å². The summed E-state index contributed by atoms with van der Waals surface area (Å²) in [5, 5.41) is 3.28. The van der Waals surface area contributed by atoms with Crippen LogP contribution in [0.5, 0.6) is 6.01 Å². The molecule has 4 nitrogen and oxygen atoms in total. The standard InChI is InChI=1S/C13H21N3O/c1-3-14-8-11-9-15-13(16-10(11)2)17-12-6-4-5-7-12/h9,12,14H,3-8H2,1-2H3. The molecule has 0 amide bonds. The van der Waals surface area contributed by atoms with E-state index in [0.29, 0.717) is 12.1 Å². The molecule has 1 heterocycles. The minimum Gasteiger partial charge on any atom is -0.460 e. The van der Waals surface area contributed by atoms with Gasteiger partial charge in [0.2, 0.25) is 0 Å². The molecular formula is C13H21N3O. The normalized spacial score (nSPS) is 16.4. The third kappa shape index (κ3) is 3.40. The zero-order chi connectivity index (χ0) is 12.1. The third-order valence-electron chi connectivity index (χ3n) is 3.20. The third-order valence-corrected chi connectivity index (χ3v) is 3.20. The highest BCUT2D eigenvalue weighted by atomic mass is 16.5. The van der Waals surface area contributed by atoms with Gasteiger partial charge in [-0.1, -0.05) is 6.92 Å². The molecule has 17 heavy (non-hydrogen) atoms. The molecule has 1 aromatic rings. The van der Waals surface area contributed by atoms with Crippen LogP contribution >= 0.6 is 0 Å². The van der Waals surface area contributed by atoms with Crippen molar-refractivity contribution in [3.8, 4) is 6.01 Å². The molecule has 0 spiro atoms. The van der Waals surface area contributed by atoms with Crippen molar-refractivity contribution >= 4 is 0 Å². The van der Waals surface area contributed by atoms with E-state index < -0.39 is 0 Å². The first-order valence-corrected chi connectivity index (χ1v) is 6.49. The summed E-state index contributed by atoms with van der Waals surface area (Å²) in [5.41, 5.74) is 2.15. The molecule has 0 bridgehead atoms. The highest BCUT2D eigenvalue weighted by Gasteiger charge is 2.17. The van der Waals surface area contributed by atoms with Gasteiger partial charge < -0.3 is 10.1 Å². The van der Waals surface area contributed by atoms with Crippen LogP contribution in [0.2, 0.25) is 0 Å². The van der Waals surface area contributed by atoms with Gasteiger partial charge in [-0.05, 0) is 39.2 Å². The smallest absolute Gasteiger partial charge is 0.316 e. The van der Waals surface area contributed by atoms with Gasteiger partial charge in [-0.3, -0.25) is 0 Å². The SMILES string of the molecule is CCNCc1cnc(OC2CCCC2)nc1C. The molecule has 94 valence electrons. The Balaban J connectivity index is 1.97. The first kappa shape index (κ1) is 12.3. The summed E-state index contributed by atoms with van der Waals surface area (Å²) in [4.78, 5) is 8.70. The van der Waals surface area contributed by atoms with E-state index >= 15 is 0 Å². The molecule has 0 atom stereocenters. The van der Waals surface area contributed by atoms with Crippen molar-refractivity contribution in [3.05, 3.63) is 17.5 Å². The summed E-state index contributed by atoms with van der Waals surface area (Å²) in [6.45, 7) is 5.88. The molecule has 1 fully saturated rings. The fraction of sp³-hybridized carbons (Fsp3) is 0.692. The molecule has 1 aliphatic carbocycles. The largest absolute Gasteiger partial charge is 0.460 e. The van der Waals surface area contributed by atoms with E-state index in [4.69, 9.17) is 4.74 Å². The van der Waals surface area contributed by atoms with E-state index in [-0.39, 0.29) is 0 Å². The first-order valence-electron chi connectivity index (χ1n) is 6.49. The van der Waals surface area contributed by atoms with Crippen LogP contribution < -0.4 is 10.1 Å². The van der Waals surface area contributed by atoms with Gasteiger partial charge in [0, 0.05) is 24.0 Å². The molecule has 1 aromatic heterocycles. The van der Waals surface area contributed by atoms with Crippen LogP contribution in [0.25, 0.3) is 0 Å². The molecule has 0 unspecified atom stereocenters. The topological polar surface area (TPSA) is 47.0 Å². The Hall–Kier alpha value is -1.16. The zero-order valence-electron chi connectivity index (χ0n) is 10.7. The van der Waals surface area contributed by atoms with Crippen LogP contribution in [0, 0.1) is 6.92 Å². The van der Waals surface area contributed by atoms with Crippen molar-refractivity contribution in [1.29, 1.82) is 0 Å². The second kappa shape index (κ2) is 5.96. The van der Waals surface area contributed by atoms with Crippen LogP contribution in [0.1, 0.15) is 43.9 Å². The number of aromatic nitrogens is 2. The summed E-state index contributed by atoms with van der Waals surface area (Å²) in [5.74, 6) is 0. The number of hydrogen-bond donors (Lipinski definition) is 1. The minimum atomic E-state index is 0.328. The highest BCUT2D eigenvalue weighted by Crippen LogP contribution is 2.22. The summed E-state index contributed by atoms with van der Waals surface area (Å²) in [7, 11) is 0. The predicted molar refractivity (Wildman–Crippen MR) is 67.0 cm³/mol. The highest BCUT2D eigenvalue weighted by molar-refractivity contribution is 5.17. The van der Waals surface area contributed by atoms with Crippen molar-refractivity contribution < 1.29 is 4.74 Å². The fourth-order valence-corrected chi connectivity index (χ4v) is 2.12. The molecule has 0 aliphatic heterocycles. The van der Waals surface area contributed by atoms with Crippen LogP contribution in [-0.4, -0.2) is 22.6 Å². The number of nitrogens with zero attached hydrogens (tertiary/aromatic N) is 2. The molecular weight excluding hydrogens is 214 g/mol. The molecule has 1 aliphatic rings. The fourth-order valence-electron chi connectivity index (χ4n) is 2.12. The van der Waals surface area contributed by atoms with Gasteiger partial charge in [-0.15, -0.1) is 0 Å². The maximum absolute atomic E-state index is 5.77. The summed E-state index contributed by atoms with van der Waals surface area (Å²) in [6, 6.07) is 0.537.